The van der Waals surface area contributed by atoms with Crippen LogP contribution >= 0.6 is 0 Å². The highest BCUT2D eigenvalue weighted by atomic mass is 16.3. The van der Waals surface area contributed by atoms with E-state index in [1.165, 1.54) is 0 Å². The number of benzene rings is 1. The second-order valence-corrected chi connectivity index (χ2v) is 2.67. The number of phenols is 1. The first-order valence-corrected chi connectivity index (χ1v) is 3.66. The maximum Gasteiger partial charge on any atom is 0.211 e. The highest BCUT2D eigenvalue weighted by molar-refractivity contribution is 5.75. The zero-order valence-corrected chi connectivity index (χ0v) is 7.09. The van der Waals surface area contributed by atoms with Crippen LogP contribution in [0.4, 0.5) is 5.69 Å². The fourth-order valence-electron chi connectivity index (χ4n) is 1.06. The molecule has 64 valence electrons. The molecule has 3 nitrogen and oxygen atoms in total. The Morgan fingerprint density at radius 3 is 2.67 bits per heavy atom. The van der Waals surface area contributed by atoms with Gasteiger partial charge in [-0.1, -0.05) is 6.07 Å². The number of phenolic OH excluding ortho intramolecular Hbond substituents is 1. The number of anilines is 1. The average molecular weight is 165 g/mol. The van der Waals surface area contributed by atoms with Crippen molar-refractivity contribution in [3.05, 3.63) is 23.3 Å². The zero-order chi connectivity index (χ0) is 9.14. The van der Waals surface area contributed by atoms with Gasteiger partial charge in [0.05, 0.1) is 0 Å². The summed E-state index contributed by atoms with van der Waals surface area (Å²) in [5.41, 5.74) is 2.15. The van der Waals surface area contributed by atoms with Crippen molar-refractivity contribution >= 4 is 12.1 Å². The van der Waals surface area contributed by atoms with Crippen molar-refractivity contribution in [1.29, 1.82) is 0 Å². The Hall–Kier alpha value is -1.51. The minimum absolute atomic E-state index is 0.238. The lowest BCUT2D eigenvalue weighted by molar-refractivity contribution is -0.105. The number of aromatic hydroxyl groups is 1. The Morgan fingerprint density at radius 2 is 2.08 bits per heavy atom. The summed E-state index contributed by atoms with van der Waals surface area (Å²) in [7, 11) is 0. The minimum atomic E-state index is 0.238. The molecule has 0 heterocycles. The zero-order valence-electron chi connectivity index (χ0n) is 7.09. The van der Waals surface area contributed by atoms with Crippen molar-refractivity contribution in [2.45, 2.75) is 13.8 Å². The summed E-state index contributed by atoms with van der Waals surface area (Å²) in [6.07, 6.45) is 0.594. The molecule has 0 spiro atoms. The summed E-state index contributed by atoms with van der Waals surface area (Å²) in [4.78, 5) is 10.1. The molecule has 0 saturated carbocycles. The number of amides is 1. The van der Waals surface area contributed by atoms with E-state index in [0.29, 0.717) is 17.7 Å². The van der Waals surface area contributed by atoms with E-state index in [-0.39, 0.29) is 5.75 Å². The molecule has 0 aromatic heterocycles. The molecule has 2 N–H and O–H groups in total. The Labute approximate surface area is 71.0 Å². The van der Waals surface area contributed by atoms with Gasteiger partial charge in [-0.3, -0.25) is 4.79 Å². The SMILES string of the molecule is Cc1ccc(NC=O)c(C)c1O. The Bertz CT molecular complexity index is 308. The van der Waals surface area contributed by atoms with Gasteiger partial charge in [0, 0.05) is 11.3 Å². The van der Waals surface area contributed by atoms with E-state index in [1.807, 2.05) is 6.92 Å². The quantitative estimate of drug-likeness (QED) is 0.653. The highest BCUT2D eigenvalue weighted by Gasteiger charge is 2.04. The number of rotatable bonds is 2. The highest BCUT2D eigenvalue weighted by Crippen LogP contribution is 2.27. The van der Waals surface area contributed by atoms with Gasteiger partial charge in [0.25, 0.3) is 0 Å². The number of carbonyl (C=O) groups is 1. The molecule has 3 heteroatoms. The molecule has 0 aliphatic rings. The van der Waals surface area contributed by atoms with E-state index in [0.717, 1.165) is 5.56 Å². The average Bonchev–Trinajstić information content (AvgIpc) is 2.07. The standard InChI is InChI=1S/C9H11NO2/c1-6-3-4-8(10-5-11)7(2)9(6)12/h3-5,12H,1-2H3,(H,10,11). The number of nitrogens with one attached hydrogen (secondary N) is 1. The molecule has 0 unspecified atom stereocenters. The van der Waals surface area contributed by atoms with Crippen LogP contribution in [0.15, 0.2) is 12.1 Å². The summed E-state index contributed by atoms with van der Waals surface area (Å²) in [6, 6.07) is 3.52. The van der Waals surface area contributed by atoms with E-state index in [1.54, 1.807) is 19.1 Å². The van der Waals surface area contributed by atoms with Gasteiger partial charge in [-0.05, 0) is 25.5 Å². The molecule has 1 aromatic carbocycles. The van der Waals surface area contributed by atoms with Crippen molar-refractivity contribution in [2.24, 2.45) is 0 Å². The largest absolute Gasteiger partial charge is 0.507 e. The van der Waals surface area contributed by atoms with E-state index >= 15 is 0 Å². The Kier molecular flexibility index (Phi) is 2.33. The van der Waals surface area contributed by atoms with E-state index in [4.69, 9.17) is 0 Å². The van der Waals surface area contributed by atoms with Crippen molar-refractivity contribution in [2.75, 3.05) is 5.32 Å². The smallest absolute Gasteiger partial charge is 0.211 e. The molecule has 1 rings (SSSR count). The van der Waals surface area contributed by atoms with Crippen molar-refractivity contribution < 1.29 is 9.90 Å². The molecule has 0 bridgehead atoms. The topological polar surface area (TPSA) is 49.3 Å². The number of hydrogen-bond donors (Lipinski definition) is 2. The molecule has 0 atom stereocenters. The van der Waals surface area contributed by atoms with Crippen molar-refractivity contribution in [3.8, 4) is 5.75 Å². The molecule has 0 aliphatic carbocycles. The van der Waals surface area contributed by atoms with Gasteiger partial charge in [0.2, 0.25) is 6.41 Å². The first kappa shape index (κ1) is 8.59. The minimum Gasteiger partial charge on any atom is -0.507 e. The number of aryl methyl sites for hydroxylation is 1. The summed E-state index contributed by atoms with van der Waals surface area (Å²) in [5, 5.41) is 12.0. The van der Waals surface area contributed by atoms with Crippen LogP contribution in [0.3, 0.4) is 0 Å². The van der Waals surface area contributed by atoms with Crippen LogP contribution in [-0.2, 0) is 4.79 Å². The Morgan fingerprint density at radius 1 is 1.42 bits per heavy atom. The van der Waals surface area contributed by atoms with Crippen LogP contribution in [-0.4, -0.2) is 11.5 Å². The van der Waals surface area contributed by atoms with Crippen LogP contribution in [0, 0.1) is 13.8 Å². The molecule has 0 aliphatic heterocycles. The normalized spacial score (nSPS) is 9.50. The summed E-state index contributed by atoms with van der Waals surface area (Å²) in [5.74, 6) is 0.238. The Balaban J connectivity index is 3.16. The van der Waals surface area contributed by atoms with Gasteiger partial charge in [-0.2, -0.15) is 0 Å². The van der Waals surface area contributed by atoms with Crippen LogP contribution in [0.5, 0.6) is 5.75 Å². The van der Waals surface area contributed by atoms with Gasteiger partial charge >= 0.3 is 0 Å². The van der Waals surface area contributed by atoms with Gasteiger partial charge in [0.1, 0.15) is 5.75 Å². The van der Waals surface area contributed by atoms with Gasteiger partial charge in [-0.15, -0.1) is 0 Å². The number of carbonyl (C=O) groups excluding carboxylic acids is 1. The molecule has 1 aromatic rings. The lowest BCUT2D eigenvalue weighted by Crippen LogP contribution is -1.96. The molecule has 1 amide bonds. The molecule has 12 heavy (non-hydrogen) atoms. The monoisotopic (exact) mass is 165 g/mol. The van der Waals surface area contributed by atoms with E-state index < -0.39 is 0 Å². The third-order valence-corrected chi connectivity index (χ3v) is 1.85. The maximum atomic E-state index is 10.1. The third kappa shape index (κ3) is 1.39. The summed E-state index contributed by atoms with van der Waals surface area (Å²) in [6.45, 7) is 3.57. The predicted molar refractivity (Wildman–Crippen MR) is 47.3 cm³/mol. The van der Waals surface area contributed by atoms with Crippen LogP contribution in [0.1, 0.15) is 11.1 Å². The van der Waals surface area contributed by atoms with Gasteiger partial charge < -0.3 is 10.4 Å². The van der Waals surface area contributed by atoms with Gasteiger partial charge in [-0.25, -0.2) is 0 Å². The predicted octanol–water partition coefficient (Wildman–Crippen LogP) is 1.58. The fraction of sp³-hybridized carbons (Fsp3) is 0.222. The summed E-state index contributed by atoms with van der Waals surface area (Å²) >= 11 is 0. The molecular weight excluding hydrogens is 154 g/mol. The lowest BCUT2D eigenvalue weighted by atomic mass is 10.1. The second-order valence-electron chi connectivity index (χ2n) is 2.67. The van der Waals surface area contributed by atoms with E-state index in [9.17, 15) is 9.90 Å². The van der Waals surface area contributed by atoms with Gasteiger partial charge in [0.15, 0.2) is 0 Å². The maximum absolute atomic E-state index is 10.1. The van der Waals surface area contributed by atoms with Crippen LogP contribution in [0.2, 0.25) is 0 Å². The lowest BCUT2D eigenvalue weighted by Gasteiger charge is -2.07. The molecule has 0 fully saturated rings. The molecular formula is C9H11NO2. The second kappa shape index (κ2) is 3.26. The first-order chi connectivity index (χ1) is 5.66. The van der Waals surface area contributed by atoms with Crippen LogP contribution < -0.4 is 5.32 Å². The third-order valence-electron chi connectivity index (χ3n) is 1.85. The molecule has 0 radical (unpaired) electrons. The molecule has 0 saturated heterocycles. The van der Waals surface area contributed by atoms with E-state index in [2.05, 4.69) is 5.32 Å². The van der Waals surface area contributed by atoms with Crippen LogP contribution in [0.25, 0.3) is 0 Å². The number of hydrogen-bond acceptors (Lipinski definition) is 2. The van der Waals surface area contributed by atoms with Crippen molar-refractivity contribution in [1.82, 2.24) is 0 Å². The first-order valence-electron chi connectivity index (χ1n) is 3.66. The van der Waals surface area contributed by atoms with Crippen molar-refractivity contribution in [3.63, 3.8) is 0 Å². The fourth-order valence-corrected chi connectivity index (χ4v) is 1.06. The summed E-state index contributed by atoms with van der Waals surface area (Å²) < 4.78 is 0.